The maximum Gasteiger partial charge on any atom is 0.254 e. The number of H-pyrrole nitrogens is 1. The van der Waals surface area contributed by atoms with Gasteiger partial charge in [0.1, 0.15) is 11.5 Å². The number of rotatable bonds is 2. The maximum atomic E-state index is 12.7. The van der Waals surface area contributed by atoms with Crippen molar-refractivity contribution in [1.82, 2.24) is 19.8 Å². The Morgan fingerprint density at radius 3 is 2.07 bits per heavy atom. The Hall–Kier alpha value is -3.55. The second-order valence-corrected chi connectivity index (χ2v) is 6.46. The van der Waals surface area contributed by atoms with Crippen molar-refractivity contribution in [3.63, 3.8) is 0 Å². The van der Waals surface area contributed by atoms with E-state index in [1.165, 1.54) is 18.2 Å². The van der Waals surface area contributed by atoms with Crippen LogP contribution >= 0.6 is 0 Å². The molecule has 2 amide bonds. The highest BCUT2D eigenvalue weighted by Crippen LogP contribution is 2.22. The van der Waals surface area contributed by atoms with Crippen LogP contribution in [0.5, 0.6) is 11.5 Å². The summed E-state index contributed by atoms with van der Waals surface area (Å²) in [5, 5.41) is 19.1. The monoisotopic (exact) mass is 366 g/mol. The van der Waals surface area contributed by atoms with Gasteiger partial charge in [-0.15, -0.1) is 0 Å². The minimum Gasteiger partial charge on any atom is -0.508 e. The molecular formula is C19H18N4O4. The minimum absolute atomic E-state index is 0.0893. The number of phenolic OH excluding ortho intramolecular Hbond substituents is 2. The number of hydrogen-bond acceptors (Lipinski definition) is 5. The summed E-state index contributed by atoms with van der Waals surface area (Å²) in [4.78, 5) is 35.7. The number of imidazole rings is 1. The van der Waals surface area contributed by atoms with Crippen LogP contribution in [-0.4, -0.2) is 68.0 Å². The van der Waals surface area contributed by atoms with Gasteiger partial charge in [0.15, 0.2) is 0 Å². The van der Waals surface area contributed by atoms with Gasteiger partial charge in [0.2, 0.25) is 0 Å². The van der Waals surface area contributed by atoms with E-state index in [1.807, 2.05) is 0 Å². The van der Waals surface area contributed by atoms with Gasteiger partial charge in [-0.3, -0.25) is 9.59 Å². The highest BCUT2D eigenvalue weighted by atomic mass is 16.3. The van der Waals surface area contributed by atoms with Crippen LogP contribution in [0.15, 0.2) is 42.7 Å². The number of aromatic amines is 1. The lowest BCUT2D eigenvalue weighted by molar-refractivity contribution is 0.0535. The Morgan fingerprint density at radius 2 is 1.44 bits per heavy atom. The predicted molar refractivity (Wildman–Crippen MR) is 97.7 cm³/mol. The standard InChI is InChI=1S/C19H18N4O4/c24-14-7-13(8-15(25)10-14)19(27)23-5-3-22(4-6-23)18(26)12-1-2-16-17(9-12)21-11-20-16/h1-2,7-11,24-25H,3-6H2,(H,20,21). The summed E-state index contributed by atoms with van der Waals surface area (Å²) in [6.07, 6.45) is 1.59. The first-order valence-electron chi connectivity index (χ1n) is 8.56. The number of amides is 2. The van der Waals surface area contributed by atoms with Crippen LogP contribution in [0.4, 0.5) is 0 Å². The largest absolute Gasteiger partial charge is 0.508 e. The number of nitrogens with zero attached hydrogens (tertiary/aromatic N) is 3. The lowest BCUT2D eigenvalue weighted by Crippen LogP contribution is -2.50. The lowest BCUT2D eigenvalue weighted by Gasteiger charge is -2.35. The van der Waals surface area contributed by atoms with Gasteiger partial charge < -0.3 is 25.0 Å². The zero-order valence-electron chi connectivity index (χ0n) is 14.4. The van der Waals surface area contributed by atoms with Gasteiger partial charge in [-0.1, -0.05) is 0 Å². The number of carbonyl (C=O) groups is 2. The number of benzene rings is 2. The summed E-state index contributed by atoms with van der Waals surface area (Å²) in [7, 11) is 0. The molecule has 0 atom stereocenters. The third kappa shape index (κ3) is 3.29. The molecule has 1 fully saturated rings. The molecule has 3 N–H and O–H groups in total. The molecule has 2 aromatic carbocycles. The van der Waals surface area contributed by atoms with Crippen molar-refractivity contribution in [2.75, 3.05) is 26.2 Å². The first-order valence-corrected chi connectivity index (χ1v) is 8.56. The zero-order valence-corrected chi connectivity index (χ0v) is 14.4. The fourth-order valence-electron chi connectivity index (χ4n) is 3.27. The Labute approximate surface area is 154 Å². The van der Waals surface area contributed by atoms with Crippen molar-refractivity contribution in [3.8, 4) is 11.5 Å². The van der Waals surface area contributed by atoms with Gasteiger partial charge in [-0.25, -0.2) is 4.98 Å². The van der Waals surface area contributed by atoms with Crippen LogP contribution in [-0.2, 0) is 0 Å². The molecule has 8 nitrogen and oxygen atoms in total. The quantitative estimate of drug-likeness (QED) is 0.638. The summed E-state index contributed by atoms with van der Waals surface area (Å²) < 4.78 is 0. The molecule has 0 spiro atoms. The number of aromatic nitrogens is 2. The lowest BCUT2D eigenvalue weighted by atomic mass is 10.1. The fourth-order valence-corrected chi connectivity index (χ4v) is 3.27. The summed E-state index contributed by atoms with van der Waals surface area (Å²) >= 11 is 0. The summed E-state index contributed by atoms with van der Waals surface area (Å²) in [6.45, 7) is 1.59. The van der Waals surface area contributed by atoms with Gasteiger partial charge in [-0.2, -0.15) is 0 Å². The molecule has 0 radical (unpaired) electrons. The molecule has 0 bridgehead atoms. The first kappa shape index (κ1) is 16.9. The Kier molecular flexibility index (Phi) is 4.15. The van der Waals surface area contributed by atoms with E-state index < -0.39 is 0 Å². The average molecular weight is 366 g/mol. The molecule has 3 aromatic rings. The second-order valence-electron chi connectivity index (χ2n) is 6.46. The molecule has 1 aliphatic heterocycles. The van der Waals surface area contributed by atoms with Crippen molar-refractivity contribution in [2.45, 2.75) is 0 Å². The summed E-state index contributed by atoms with van der Waals surface area (Å²) in [5.74, 6) is -0.705. The summed E-state index contributed by atoms with van der Waals surface area (Å²) in [6, 6.07) is 9.13. The van der Waals surface area contributed by atoms with Gasteiger partial charge in [0.05, 0.1) is 17.4 Å². The zero-order chi connectivity index (χ0) is 19.0. The molecule has 0 unspecified atom stereocenters. The Balaban J connectivity index is 1.43. The van der Waals surface area contributed by atoms with Crippen LogP contribution < -0.4 is 0 Å². The molecule has 1 saturated heterocycles. The fraction of sp³-hybridized carbons (Fsp3) is 0.211. The number of fused-ring (bicyclic) bond motifs is 1. The van der Waals surface area contributed by atoms with E-state index in [1.54, 1.807) is 34.3 Å². The second kappa shape index (κ2) is 6.64. The number of aromatic hydroxyl groups is 2. The number of carbonyl (C=O) groups excluding carboxylic acids is 2. The van der Waals surface area contributed by atoms with Gasteiger partial charge in [0, 0.05) is 43.4 Å². The summed E-state index contributed by atoms with van der Waals surface area (Å²) in [5.41, 5.74) is 2.40. The Morgan fingerprint density at radius 1 is 0.852 bits per heavy atom. The minimum atomic E-state index is -0.285. The topological polar surface area (TPSA) is 110 Å². The van der Waals surface area contributed by atoms with Crippen molar-refractivity contribution < 1.29 is 19.8 Å². The normalized spacial score (nSPS) is 14.5. The number of piperazine rings is 1. The molecule has 138 valence electrons. The third-order valence-electron chi connectivity index (χ3n) is 4.67. The SMILES string of the molecule is O=C(c1cc(O)cc(O)c1)N1CCN(C(=O)c2ccc3nc[nH]c3c2)CC1. The highest BCUT2D eigenvalue weighted by Gasteiger charge is 2.26. The van der Waals surface area contributed by atoms with Crippen LogP contribution in [0, 0.1) is 0 Å². The molecule has 1 aliphatic rings. The van der Waals surface area contributed by atoms with Crippen LogP contribution in [0.1, 0.15) is 20.7 Å². The van der Waals surface area contributed by atoms with Crippen LogP contribution in [0.2, 0.25) is 0 Å². The van der Waals surface area contributed by atoms with Gasteiger partial charge >= 0.3 is 0 Å². The number of nitrogens with one attached hydrogen (secondary N) is 1. The van der Waals surface area contributed by atoms with Crippen molar-refractivity contribution in [2.24, 2.45) is 0 Å². The molecule has 8 heteroatoms. The Bertz CT molecular complexity index is 1000. The highest BCUT2D eigenvalue weighted by molar-refractivity contribution is 5.98. The predicted octanol–water partition coefficient (Wildman–Crippen LogP) is 1.57. The molecule has 1 aromatic heterocycles. The van der Waals surface area contributed by atoms with E-state index in [4.69, 9.17) is 0 Å². The van der Waals surface area contributed by atoms with Crippen molar-refractivity contribution in [3.05, 3.63) is 53.9 Å². The third-order valence-corrected chi connectivity index (χ3v) is 4.67. The molecule has 0 aliphatic carbocycles. The molecule has 4 rings (SSSR count). The van der Waals surface area contributed by atoms with Crippen LogP contribution in [0.25, 0.3) is 11.0 Å². The molecule has 27 heavy (non-hydrogen) atoms. The first-order chi connectivity index (χ1) is 13.0. The number of hydrogen-bond donors (Lipinski definition) is 3. The smallest absolute Gasteiger partial charge is 0.254 e. The molecular weight excluding hydrogens is 348 g/mol. The number of phenols is 2. The van der Waals surface area contributed by atoms with Crippen molar-refractivity contribution >= 4 is 22.8 Å². The van der Waals surface area contributed by atoms with E-state index in [2.05, 4.69) is 9.97 Å². The molecule has 2 heterocycles. The average Bonchev–Trinajstić information content (AvgIpc) is 3.14. The van der Waals surface area contributed by atoms with Crippen LogP contribution in [0.3, 0.4) is 0 Å². The van der Waals surface area contributed by atoms with Crippen molar-refractivity contribution in [1.29, 1.82) is 0 Å². The van der Waals surface area contributed by atoms with Gasteiger partial charge in [-0.05, 0) is 30.3 Å². The molecule has 0 saturated carbocycles. The van der Waals surface area contributed by atoms with E-state index in [-0.39, 0.29) is 28.9 Å². The maximum absolute atomic E-state index is 12.7. The van der Waals surface area contributed by atoms with E-state index >= 15 is 0 Å². The van der Waals surface area contributed by atoms with E-state index in [9.17, 15) is 19.8 Å². The van der Waals surface area contributed by atoms with Gasteiger partial charge in [0.25, 0.3) is 11.8 Å². The van der Waals surface area contributed by atoms with E-state index in [0.29, 0.717) is 31.7 Å². The van der Waals surface area contributed by atoms with E-state index in [0.717, 1.165) is 11.0 Å².